The highest BCUT2D eigenvalue weighted by Crippen LogP contribution is 2.22. The van der Waals surface area contributed by atoms with Crippen LogP contribution in [0.5, 0.6) is 0 Å². The largest absolute Gasteiger partial charge is 0.394 e. The highest BCUT2D eigenvalue weighted by atomic mass is 16.3. The Hall–Kier alpha value is -1.98. The number of nitrogens with zero attached hydrogens (tertiary/aromatic N) is 3. The molecule has 0 aliphatic rings. The van der Waals surface area contributed by atoms with Gasteiger partial charge in [-0.15, -0.1) is 10.2 Å². The average Bonchev–Trinajstić information content (AvgIpc) is 2.81. The van der Waals surface area contributed by atoms with Crippen LogP contribution in [0.4, 0.5) is 0 Å². The Labute approximate surface area is 110 Å². The molecule has 0 saturated heterocycles. The fourth-order valence-electron chi connectivity index (χ4n) is 2.43. The predicted octanol–water partition coefficient (Wildman–Crippen LogP) is 1.09. The molecule has 0 bridgehead atoms. The van der Waals surface area contributed by atoms with Crippen LogP contribution >= 0.6 is 0 Å². The van der Waals surface area contributed by atoms with Crippen LogP contribution in [-0.2, 0) is 6.42 Å². The molecule has 0 saturated carbocycles. The van der Waals surface area contributed by atoms with Gasteiger partial charge in [0.05, 0.1) is 18.2 Å². The normalized spacial score (nSPS) is 13.2. The Balaban J connectivity index is 2.25. The molecule has 0 spiro atoms. The van der Waals surface area contributed by atoms with Gasteiger partial charge in [-0.05, 0) is 30.7 Å². The van der Waals surface area contributed by atoms with E-state index in [2.05, 4.69) is 10.2 Å². The van der Waals surface area contributed by atoms with Crippen molar-refractivity contribution in [1.82, 2.24) is 14.6 Å². The van der Waals surface area contributed by atoms with Crippen molar-refractivity contribution in [3.05, 3.63) is 41.7 Å². The molecule has 98 valence electrons. The molecule has 5 heteroatoms. The second-order valence-corrected chi connectivity index (χ2v) is 4.66. The molecule has 2 heterocycles. The van der Waals surface area contributed by atoms with Crippen molar-refractivity contribution >= 4 is 16.6 Å². The molecule has 1 aromatic carbocycles. The highest BCUT2D eigenvalue weighted by molar-refractivity contribution is 5.85. The van der Waals surface area contributed by atoms with E-state index in [0.717, 1.165) is 27.9 Å². The van der Waals surface area contributed by atoms with E-state index < -0.39 is 6.10 Å². The molecule has 19 heavy (non-hydrogen) atoms. The third-order valence-electron chi connectivity index (χ3n) is 3.33. The zero-order chi connectivity index (χ0) is 13.4. The Bertz CT molecular complexity index is 736. The van der Waals surface area contributed by atoms with Gasteiger partial charge in [0, 0.05) is 11.8 Å². The van der Waals surface area contributed by atoms with E-state index in [1.807, 2.05) is 41.7 Å². The number of fused-ring (bicyclic) bond motifs is 3. The standard InChI is InChI=1S/C14H15N3O2/c1-9-15-16-14-6-5-12-10(7-11(19)8-18)3-2-4-13(12)17(9)14/h2-6,11,18-19H,7-8H2,1H3. The summed E-state index contributed by atoms with van der Waals surface area (Å²) in [5, 5.41) is 27.8. The van der Waals surface area contributed by atoms with Crippen LogP contribution in [0.2, 0.25) is 0 Å². The first-order valence-corrected chi connectivity index (χ1v) is 6.22. The molecule has 0 aliphatic heterocycles. The predicted molar refractivity (Wildman–Crippen MR) is 72.0 cm³/mol. The third-order valence-corrected chi connectivity index (χ3v) is 3.33. The van der Waals surface area contributed by atoms with E-state index in [1.54, 1.807) is 0 Å². The number of aliphatic hydroxyl groups excluding tert-OH is 2. The van der Waals surface area contributed by atoms with Gasteiger partial charge in [-0.25, -0.2) is 0 Å². The summed E-state index contributed by atoms with van der Waals surface area (Å²) in [5.74, 6) is 0.834. The average molecular weight is 257 g/mol. The lowest BCUT2D eigenvalue weighted by Crippen LogP contribution is -2.15. The Morgan fingerprint density at radius 3 is 2.84 bits per heavy atom. The van der Waals surface area contributed by atoms with Crippen molar-refractivity contribution in [2.24, 2.45) is 0 Å². The number of benzene rings is 1. The summed E-state index contributed by atoms with van der Waals surface area (Å²) >= 11 is 0. The van der Waals surface area contributed by atoms with Crippen molar-refractivity contribution in [2.45, 2.75) is 19.4 Å². The Kier molecular flexibility index (Phi) is 2.93. The lowest BCUT2D eigenvalue weighted by Gasteiger charge is -2.11. The second-order valence-electron chi connectivity index (χ2n) is 4.66. The summed E-state index contributed by atoms with van der Waals surface area (Å²) < 4.78 is 1.99. The summed E-state index contributed by atoms with van der Waals surface area (Å²) in [7, 11) is 0. The topological polar surface area (TPSA) is 70.7 Å². The molecular weight excluding hydrogens is 242 g/mol. The molecule has 2 N–H and O–H groups in total. The number of aryl methyl sites for hydroxylation is 1. The maximum Gasteiger partial charge on any atom is 0.161 e. The van der Waals surface area contributed by atoms with Gasteiger partial charge in [-0.1, -0.05) is 12.1 Å². The lowest BCUT2D eigenvalue weighted by molar-refractivity contribution is 0.0957. The number of aliphatic hydroxyl groups is 2. The summed E-state index contributed by atoms with van der Waals surface area (Å²) in [6.07, 6.45) is -0.302. The maximum atomic E-state index is 9.62. The van der Waals surface area contributed by atoms with E-state index in [1.165, 1.54) is 0 Å². The van der Waals surface area contributed by atoms with E-state index in [4.69, 9.17) is 5.11 Å². The van der Waals surface area contributed by atoms with Gasteiger partial charge in [0.15, 0.2) is 5.65 Å². The first-order valence-electron chi connectivity index (χ1n) is 6.22. The number of hydrogen-bond donors (Lipinski definition) is 2. The smallest absolute Gasteiger partial charge is 0.161 e. The van der Waals surface area contributed by atoms with Gasteiger partial charge < -0.3 is 10.2 Å². The first-order chi connectivity index (χ1) is 9.20. The summed E-state index contributed by atoms with van der Waals surface area (Å²) in [6, 6.07) is 9.82. The fraction of sp³-hybridized carbons (Fsp3) is 0.286. The van der Waals surface area contributed by atoms with Gasteiger partial charge >= 0.3 is 0 Å². The minimum absolute atomic E-state index is 0.232. The van der Waals surface area contributed by atoms with E-state index in [9.17, 15) is 5.11 Å². The van der Waals surface area contributed by atoms with Crippen molar-refractivity contribution in [1.29, 1.82) is 0 Å². The number of pyridine rings is 1. The Morgan fingerprint density at radius 2 is 2.05 bits per heavy atom. The van der Waals surface area contributed by atoms with Crippen LogP contribution in [-0.4, -0.2) is 37.5 Å². The molecule has 1 atom stereocenters. The van der Waals surface area contributed by atoms with Gasteiger partial charge in [0.1, 0.15) is 5.82 Å². The molecule has 5 nitrogen and oxygen atoms in total. The van der Waals surface area contributed by atoms with Crippen LogP contribution in [0.3, 0.4) is 0 Å². The SMILES string of the molecule is Cc1nnc2ccc3c(CC(O)CO)cccc3n12. The van der Waals surface area contributed by atoms with Crippen molar-refractivity contribution in [2.75, 3.05) is 6.61 Å². The van der Waals surface area contributed by atoms with Crippen LogP contribution in [0.25, 0.3) is 16.6 Å². The zero-order valence-electron chi connectivity index (χ0n) is 10.6. The highest BCUT2D eigenvalue weighted by Gasteiger charge is 2.10. The minimum atomic E-state index is -0.733. The van der Waals surface area contributed by atoms with E-state index >= 15 is 0 Å². The van der Waals surface area contributed by atoms with Gasteiger partial charge in [0.25, 0.3) is 0 Å². The van der Waals surface area contributed by atoms with Crippen LogP contribution < -0.4 is 0 Å². The number of hydrogen-bond acceptors (Lipinski definition) is 4. The van der Waals surface area contributed by atoms with E-state index in [-0.39, 0.29) is 6.61 Å². The summed E-state index contributed by atoms with van der Waals surface area (Å²) in [6.45, 7) is 1.68. The summed E-state index contributed by atoms with van der Waals surface area (Å²) in [4.78, 5) is 0. The van der Waals surface area contributed by atoms with Crippen LogP contribution in [0.15, 0.2) is 30.3 Å². The quantitative estimate of drug-likeness (QED) is 0.736. The minimum Gasteiger partial charge on any atom is -0.394 e. The van der Waals surface area contributed by atoms with Crippen molar-refractivity contribution in [3.63, 3.8) is 0 Å². The summed E-state index contributed by atoms with van der Waals surface area (Å²) in [5.41, 5.74) is 2.83. The van der Waals surface area contributed by atoms with Gasteiger partial charge in [-0.2, -0.15) is 0 Å². The Morgan fingerprint density at radius 1 is 1.21 bits per heavy atom. The molecule has 0 aliphatic carbocycles. The first kappa shape index (κ1) is 12.1. The van der Waals surface area contributed by atoms with E-state index in [0.29, 0.717) is 6.42 Å². The van der Waals surface area contributed by atoms with Crippen molar-refractivity contribution in [3.8, 4) is 0 Å². The van der Waals surface area contributed by atoms with Crippen LogP contribution in [0.1, 0.15) is 11.4 Å². The molecule has 3 rings (SSSR count). The third kappa shape index (κ3) is 1.97. The second kappa shape index (κ2) is 4.60. The molecule has 2 aromatic heterocycles. The molecular formula is C14H15N3O2. The molecule has 0 fully saturated rings. The molecule has 3 aromatic rings. The monoisotopic (exact) mass is 257 g/mol. The van der Waals surface area contributed by atoms with Crippen LogP contribution in [0, 0.1) is 6.92 Å². The van der Waals surface area contributed by atoms with Crippen molar-refractivity contribution < 1.29 is 10.2 Å². The number of rotatable bonds is 3. The molecule has 1 unspecified atom stereocenters. The maximum absolute atomic E-state index is 9.62. The van der Waals surface area contributed by atoms with Gasteiger partial charge in [0.2, 0.25) is 0 Å². The van der Waals surface area contributed by atoms with Gasteiger partial charge in [-0.3, -0.25) is 4.40 Å². The molecule has 0 radical (unpaired) electrons. The lowest BCUT2D eigenvalue weighted by atomic mass is 10.0. The number of aromatic nitrogens is 3. The fourth-order valence-corrected chi connectivity index (χ4v) is 2.43. The zero-order valence-corrected chi connectivity index (χ0v) is 10.6. The molecule has 0 amide bonds.